The molecule has 3 rings (SSSR count). The van der Waals surface area contributed by atoms with Gasteiger partial charge in [-0.2, -0.15) is 0 Å². The highest BCUT2D eigenvalue weighted by Crippen LogP contribution is 2.23. The molecule has 32 heavy (non-hydrogen) atoms. The van der Waals surface area contributed by atoms with E-state index in [0.29, 0.717) is 18.3 Å². The van der Waals surface area contributed by atoms with Crippen molar-refractivity contribution >= 4 is 15.9 Å². The Kier molecular flexibility index (Phi) is 7.16. The van der Waals surface area contributed by atoms with Crippen LogP contribution in [0.2, 0.25) is 0 Å². The van der Waals surface area contributed by atoms with Crippen molar-refractivity contribution in [1.29, 1.82) is 0 Å². The molecule has 2 atom stereocenters. The lowest BCUT2D eigenvalue weighted by Crippen LogP contribution is -2.51. The first-order valence-corrected chi connectivity index (χ1v) is 11.8. The molecule has 8 nitrogen and oxygen atoms in total. The van der Waals surface area contributed by atoms with Crippen molar-refractivity contribution in [2.24, 2.45) is 5.73 Å². The van der Waals surface area contributed by atoms with Gasteiger partial charge in [0.2, 0.25) is 15.9 Å². The Balaban J connectivity index is 1.75. The van der Waals surface area contributed by atoms with E-state index in [9.17, 15) is 26.4 Å². The zero-order chi connectivity index (χ0) is 23.6. The van der Waals surface area contributed by atoms with E-state index in [1.807, 2.05) is 0 Å². The van der Waals surface area contributed by atoms with Crippen LogP contribution in [0.3, 0.4) is 0 Å². The average Bonchev–Trinajstić information content (AvgIpc) is 2.69. The number of sulfonamides is 1. The minimum Gasteiger partial charge on any atom is -0.333 e. The third-order valence-electron chi connectivity index (χ3n) is 5.19. The number of halogens is 3. The van der Waals surface area contributed by atoms with Gasteiger partial charge in [0.25, 0.3) is 0 Å². The van der Waals surface area contributed by atoms with Gasteiger partial charge in [-0.05, 0) is 25.0 Å². The summed E-state index contributed by atoms with van der Waals surface area (Å²) in [7, 11) is -3.49. The Morgan fingerprint density at radius 3 is 2.66 bits per heavy atom. The molecule has 0 spiro atoms. The zero-order valence-electron chi connectivity index (χ0n) is 17.6. The Bertz CT molecular complexity index is 1130. The number of benzene rings is 1. The number of fused-ring (bicyclic) bond motifs is 1. The summed E-state index contributed by atoms with van der Waals surface area (Å²) in [6.07, 6.45) is 2.59. The van der Waals surface area contributed by atoms with Gasteiger partial charge >= 0.3 is 0 Å². The van der Waals surface area contributed by atoms with Gasteiger partial charge in [-0.3, -0.25) is 4.79 Å². The van der Waals surface area contributed by atoms with Crippen LogP contribution in [0.15, 0.2) is 18.3 Å². The predicted molar refractivity (Wildman–Crippen MR) is 110 cm³/mol. The number of aryl methyl sites for hydroxylation is 1. The molecule has 1 amide bonds. The molecule has 12 heteroatoms. The standard InChI is InChI=1S/C20H24F3N5O3S/c1-11-25-8-13-10-28(15(6-19(13)27-11)9-26-32(2,30)31)20(29)5-14(24)3-12-4-17(22)18(23)7-16(12)21/h4,7-8,14-15,26H,3,5-6,9-10,24H2,1-2H3/t14-,15+/m1/s1. The molecule has 1 aliphatic rings. The average molecular weight is 472 g/mol. The lowest BCUT2D eigenvalue weighted by molar-refractivity contribution is -0.135. The van der Waals surface area contributed by atoms with Crippen LogP contribution in [0.4, 0.5) is 13.2 Å². The molecule has 0 radical (unpaired) electrons. The second-order valence-electron chi connectivity index (χ2n) is 7.92. The molecular weight excluding hydrogens is 447 g/mol. The first kappa shape index (κ1) is 24.1. The van der Waals surface area contributed by atoms with Crippen LogP contribution in [-0.4, -0.2) is 54.1 Å². The van der Waals surface area contributed by atoms with Crippen LogP contribution in [0.1, 0.15) is 29.1 Å². The first-order valence-electron chi connectivity index (χ1n) is 9.87. The number of hydrogen-bond acceptors (Lipinski definition) is 6. The summed E-state index contributed by atoms with van der Waals surface area (Å²) in [5, 5.41) is 0. The number of rotatable bonds is 7. The summed E-state index contributed by atoms with van der Waals surface area (Å²) in [4.78, 5) is 23.0. The lowest BCUT2D eigenvalue weighted by atomic mass is 9.97. The number of aromatic nitrogens is 2. The van der Waals surface area contributed by atoms with Crippen LogP contribution in [-0.2, 0) is 34.2 Å². The third kappa shape index (κ3) is 6.02. The molecular formula is C20H24F3N5O3S. The van der Waals surface area contributed by atoms with Crippen molar-refractivity contribution < 1.29 is 26.4 Å². The van der Waals surface area contributed by atoms with Crippen LogP contribution < -0.4 is 10.5 Å². The molecule has 0 aliphatic carbocycles. The molecule has 1 aromatic heterocycles. The van der Waals surface area contributed by atoms with E-state index >= 15 is 0 Å². The Hall–Kier alpha value is -2.57. The highest BCUT2D eigenvalue weighted by molar-refractivity contribution is 7.88. The van der Waals surface area contributed by atoms with Crippen molar-refractivity contribution in [3.63, 3.8) is 0 Å². The normalized spacial score (nSPS) is 17.2. The Morgan fingerprint density at radius 1 is 1.28 bits per heavy atom. The molecule has 1 aromatic carbocycles. The monoisotopic (exact) mass is 471 g/mol. The van der Waals surface area contributed by atoms with Gasteiger partial charge in [-0.25, -0.2) is 36.3 Å². The number of amides is 1. The quantitative estimate of drug-likeness (QED) is 0.581. The van der Waals surface area contributed by atoms with E-state index in [4.69, 9.17) is 5.73 Å². The summed E-state index contributed by atoms with van der Waals surface area (Å²) >= 11 is 0. The Morgan fingerprint density at radius 2 is 1.97 bits per heavy atom. The molecule has 0 bridgehead atoms. The van der Waals surface area contributed by atoms with Crippen molar-refractivity contribution in [2.45, 2.75) is 44.8 Å². The van der Waals surface area contributed by atoms with E-state index in [-0.39, 0.29) is 37.4 Å². The van der Waals surface area contributed by atoms with Crippen molar-refractivity contribution in [2.75, 3.05) is 12.8 Å². The van der Waals surface area contributed by atoms with E-state index in [0.717, 1.165) is 23.6 Å². The highest BCUT2D eigenvalue weighted by atomic mass is 32.2. The van der Waals surface area contributed by atoms with Gasteiger partial charge in [0.15, 0.2) is 11.6 Å². The van der Waals surface area contributed by atoms with E-state index < -0.39 is 39.6 Å². The van der Waals surface area contributed by atoms with Crippen LogP contribution >= 0.6 is 0 Å². The van der Waals surface area contributed by atoms with E-state index in [2.05, 4.69) is 14.7 Å². The maximum absolute atomic E-state index is 13.9. The van der Waals surface area contributed by atoms with Gasteiger partial charge in [0.05, 0.1) is 18.0 Å². The fourth-order valence-corrected chi connectivity index (χ4v) is 4.13. The molecule has 0 fully saturated rings. The SMILES string of the molecule is Cc1ncc2c(n1)C[C@@H](CNS(C)(=O)=O)N(C(=O)C[C@H](N)Cc1cc(F)c(F)cc1F)C2. The number of hydrogen-bond donors (Lipinski definition) is 2. The second-order valence-corrected chi connectivity index (χ2v) is 9.75. The molecule has 0 saturated heterocycles. The highest BCUT2D eigenvalue weighted by Gasteiger charge is 2.32. The number of nitrogens with one attached hydrogen (secondary N) is 1. The molecule has 0 saturated carbocycles. The van der Waals surface area contributed by atoms with Gasteiger partial charge in [0, 0.05) is 49.8 Å². The van der Waals surface area contributed by atoms with E-state index in [1.54, 1.807) is 13.1 Å². The second kappa shape index (κ2) is 9.51. The van der Waals surface area contributed by atoms with Gasteiger partial charge in [-0.1, -0.05) is 0 Å². The van der Waals surface area contributed by atoms with Gasteiger partial charge in [0.1, 0.15) is 11.6 Å². The maximum atomic E-state index is 13.9. The van der Waals surface area contributed by atoms with Crippen molar-refractivity contribution in [3.05, 3.63) is 58.4 Å². The summed E-state index contributed by atoms with van der Waals surface area (Å²) in [6, 6.07) is -0.201. The third-order valence-corrected chi connectivity index (χ3v) is 5.89. The zero-order valence-corrected chi connectivity index (χ0v) is 18.4. The van der Waals surface area contributed by atoms with Crippen LogP contribution in [0.5, 0.6) is 0 Å². The number of carbonyl (C=O) groups is 1. The number of nitrogens with zero attached hydrogens (tertiary/aromatic N) is 3. The fourth-order valence-electron chi connectivity index (χ4n) is 3.63. The van der Waals surface area contributed by atoms with Crippen molar-refractivity contribution in [1.82, 2.24) is 19.6 Å². The first-order chi connectivity index (χ1) is 14.9. The molecule has 2 aromatic rings. The minimum atomic E-state index is -3.49. The topological polar surface area (TPSA) is 118 Å². The van der Waals surface area contributed by atoms with Gasteiger partial charge < -0.3 is 10.6 Å². The lowest BCUT2D eigenvalue weighted by Gasteiger charge is -2.37. The minimum absolute atomic E-state index is 0.0138. The molecule has 1 aliphatic heterocycles. The molecule has 3 N–H and O–H groups in total. The fraction of sp³-hybridized carbons (Fsp3) is 0.450. The van der Waals surface area contributed by atoms with Crippen molar-refractivity contribution in [3.8, 4) is 0 Å². The van der Waals surface area contributed by atoms with E-state index in [1.165, 1.54) is 4.90 Å². The van der Waals surface area contributed by atoms with Crippen LogP contribution in [0.25, 0.3) is 0 Å². The molecule has 0 unspecified atom stereocenters. The molecule has 174 valence electrons. The van der Waals surface area contributed by atoms with Gasteiger partial charge in [-0.15, -0.1) is 0 Å². The Labute approximate surface area is 184 Å². The largest absolute Gasteiger partial charge is 0.333 e. The maximum Gasteiger partial charge on any atom is 0.224 e. The molecule has 2 heterocycles. The summed E-state index contributed by atoms with van der Waals surface area (Å²) < 4.78 is 66.0. The summed E-state index contributed by atoms with van der Waals surface area (Å²) in [5.74, 6) is -3.27. The number of carbonyl (C=O) groups excluding carboxylic acids is 1. The van der Waals surface area contributed by atoms with Crippen LogP contribution in [0, 0.1) is 24.4 Å². The predicted octanol–water partition coefficient (Wildman–Crippen LogP) is 0.965. The number of nitrogens with two attached hydrogens (primary N) is 1. The smallest absolute Gasteiger partial charge is 0.224 e. The summed E-state index contributed by atoms with van der Waals surface area (Å²) in [5.41, 5.74) is 7.34. The summed E-state index contributed by atoms with van der Waals surface area (Å²) in [6.45, 7) is 1.88.